The van der Waals surface area contributed by atoms with E-state index in [2.05, 4.69) is 0 Å². The first-order valence-electron chi connectivity index (χ1n) is 0. The van der Waals surface area contributed by atoms with Crippen molar-refractivity contribution in [3.8, 4) is 0 Å². The van der Waals surface area contributed by atoms with Gasteiger partial charge in [0.25, 0.3) is 0 Å². The van der Waals surface area contributed by atoms with Crippen LogP contribution in [0.5, 0.6) is 0 Å². The summed E-state index contributed by atoms with van der Waals surface area (Å²) in [5.41, 5.74) is 0. The number of rotatable bonds is 0. The number of hydrogen-bond acceptors (Lipinski definition) is 0. The van der Waals surface area contributed by atoms with Gasteiger partial charge in [0.05, 0.1) is 0 Å². The third-order valence-electron chi connectivity index (χ3n) is 0. The van der Waals surface area contributed by atoms with Gasteiger partial charge in [-0.15, -0.1) is 0 Å². The fraction of sp³-hybridized carbons (Fsp3) is 0. The van der Waals surface area contributed by atoms with Crippen molar-refractivity contribution in [2.75, 3.05) is 0 Å². The van der Waals surface area contributed by atoms with Crippen molar-refractivity contribution in [2.45, 2.75) is 0 Å². The second kappa shape index (κ2) is 18.7. The van der Waals surface area contributed by atoms with E-state index in [0.717, 1.165) is 0 Å². The Morgan fingerprint density at radius 1 is 1.00 bits per heavy atom. The first-order valence-corrected chi connectivity index (χ1v) is 0. The predicted molar refractivity (Wildman–Crippen MR) is 11.1 cm³/mol. The van der Waals surface area contributed by atoms with Crippen LogP contribution in [0.4, 0.5) is 0 Å². The predicted octanol–water partition coefficient (Wildman–Crippen LogP) is 0.0506. The van der Waals surface area contributed by atoms with E-state index in [-0.39, 0.29) is 67.5 Å². The van der Waals surface area contributed by atoms with E-state index in [1.54, 1.807) is 0 Å². The Morgan fingerprint density at radius 3 is 1.00 bits per heavy atom. The Labute approximate surface area is 67.0 Å². The molecule has 4 heteroatoms. The second-order valence-electron chi connectivity index (χ2n) is 0. The molecule has 0 bridgehead atoms. The first kappa shape index (κ1) is 33.9. The third kappa shape index (κ3) is 8.86. The van der Waals surface area contributed by atoms with Gasteiger partial charge in [-0.05, 0) is 0 Å². The standard InChI is InChI=1S/Cr.H3P.Ti.V/h;1H3;;. The first-order chi connectivity index (χ1) is 0. The molecule has 0 heterocycles. The Hall–Kier alpha value is 2.26. The minimum absolute atomic E-state index is 0. The normalized spacial score (nSPS) is 0. The fourth-order valence-electron chi connectivity index (χ4n) is 0. The summed E-state index contributed by atoms with van der Waals surface area (Å²) < 4.78 is 0. The van der Waals surface area contributed by atoms with Crippen LogP contribution < -0.4 is 0 Å². The molecule has 1 unspecified atom stereocenters. The maximum absolute atomic E-state index is 0. The summed E-state index contributed by atoms with van der Waals surface area (Å²) in [4.78, 5) is 0. The van der Waals surface area contributed by atoms with E-state index < -0.39 is 0 Å². The Morgan fingerprint density at radius 2 is 1.00 bits per heavy atom. The fourth-order valence-corrected chi connectivity index (χ4v) is 0. The van der Waals surface area contributed by atoms with Crippen LogP contribution >= 0.6 is 9.90 Å². The van der Waals surface area contributed by atoms with Crippen molar-refractivity contribution in [1.82, 2.24) is 0 Å². The summed E-state index contributed by atoms with van der Waals surface area (Å²) in [6.07, 6.45) is 0. The molecule has 0 rings (SSSR count). The largest absolute Gasteiger partial charge is 0.153 e. The molecule has 0 aliphatic carbocycles. The van der Waals surface area contributed by atoms with Gasteiger partial charge in [0.1, 0.15) is 0 Å². The Bertz CT molecular complexity index is 8.00. The van der Waals surface area contributed by atoms with Crippen LogP contribution in [0.25, 0.3) is 0 Å². The second-order valence-corrected chi connectivity index (χ2v) is 0. The van der Waals surface area contributed by atoms with E-state index in [4.69, 9.17) is 0 Å². The maximum Gasteiger partial charge on any atom is 0 e. The molecule has 0 N–H and O–H groups in total. The molecule has 1 radical (unpaired) electrons. The molecule has 23 valence electrons. The summed E-state index contributed by atoms with van der Waals surface area (Å²) in [7, 11) is 0. The third-order valence-corrected chi connectivity index (χ3v) is 0. The van der Waals surface area contributed by atoms with Crippen molar-refractivity contribution in [1.29, 1.82) is 0 Å². The Kier molecular flexibility index (Phi) is 158. The summed E-state index contributed by atoms with van der Waals surface area (Å²) in [6, 6.07) is 0. The summed E-state index contributed by atoms with van der Waals surface area (Å²) in [6.45, 7) is 0. The van der Waals surface area contributed by atoms with Gasteiger partial charge < -0.3 is 0 Å². The van der Waals surface area contributed by atoms with E-state index in [1.165, 1.54) is 0 Å². The van der Waals surface area contributed by atoms with Gasteiger partial charge in [-0.3, -0.25) is 0 Å². The molecular weight excluding hydrogens is 182 g/mol. The monoisotopic (exact) mass is 185 g/mol. The molecule has 0 saturated heterocycles. The van der Waals surface area contributed by atoms with Gasteiger partial charge in [-0.25, -0.2) is 0 Å². The van der Waals surface area contributed by atoms with Crippen LogP contribution in [0, 0.1) is 0 Å². The molecule has 0 aliphatic heterocycles. The minimum Gasteiger partial charge on any atom is -0.153 e. The zero-order valence-electron chi connectivity index (χ0n) is 2.06. The molecule has 0 aromatic carbocycles. The van der Waals surface area contributed by atoms with E-state index >= 15 is 0 Å². The smallest absolute Gasteiger partial charge is 0 e. The van der Waals surface area contributed by atoms with E-state index in [1.807, 2.05) is 0 Å². The summed E-state index contributed by atoms with van der Waals surface area (Å²) in [5, 5.41) is 0. The Balaban J connectivity index is 0. The van der Waals surface area contributed by atoms with Gasteiger partial charge in [0.15, 0.2) is 0 Å². The average molecular weight is 185 g/mol. The summed E-state index contributed by atoms with van der Waals surface area (Å²) >= 11 is 0. The van der Waals surface area contributed by atoms with Crippen LogP contribution in [0.15, 0.2) is 0 Å². The number of hydrogen-bond donors (Lipinski definition) is 0. The van der Waals surface area contributed by atoms with Crippen LogP contribution in [-0.2, 0) is 57.6 Å². The van der Waals surface area contributed by atoms with E-state index in [9.17, 15) is 0 Å². The van der Waals surface area contributed by atoms with Gasteiger partial charge in [0.2, 0.25) is 0 Å². The van der Waals surface area contributed by atoms with Crippen molar-refractivity contribution in [3.05, 3.63) is 0 Å². The zero-order chi connectivity index (χ0) is 0. The molecule has 0 aromatic rings. The van der Waals surface area contributed by atoms with Gasteiger partial charge in [-0.1, -0.05) is 0 Å². The van der Waals surface area contributed by atoms with Gasteiger partial charge in [-0.2, -0.15) is 9.90 Å². The van der Waals surface area contributed by atoms with Crippen LogP contribution in [-0.4, -0.2) is 0 Å². The molecule has 1 atom stereocenters. The SMILES string of the molecule is P.[Cr].[Ti].[V]. The summed E-state index contributed by atoms with van der Waals surface area (Å²) in [5.74, 6) is 0. The topological polar surface area (TPSA) is 0 Å². The van der Waals surface area contributed by atoms with Crippen LogP contribution in [0.3, 0.4) is 0 Å². The van der Waals surface area contributed by atoms with Gasteiger partial charge >= 0.3 is 0 Å². The quantitative estimate of drug-likeness (QED) is 0.369. The molecule has 0 aromatic heterocycles. The molecular formula is H3CrPTiV. The van der Waals surface area contributed by atoms with Crippen molar-refractivity contribution in [3.63, 3.8) is 0 Å². The van der Waals surface area contributed by atoms with Crippen molar-refractivity contribution >= 4 is 9.90 Å². The molecule has 0 saturated carbocycles. The molecule has 4 heavy (non-hydrogen) atoms. The minimum atomic E-state index is 0. The molecule has 0 nitrogen and oxygen atoms in total. The zero-order valence-corrected chi connectivity index (χ0v) is 7.71. The maximum atomic E-state index is 0. The molecule has 0 amide bonds. The average Bonchev–Trinajstić information content (AvgIpc) is 0. The van der Waals surface area contributed by atoms with E-state index in [0.29, 0.717) is 0 Å². The van der Waals surface area contributed by atoms with Crippen LogP contribution in [0.1, 0.15) is 0 Å². The van der Waals surface area contributed by atoms with Crippen LogP contribution in [0.2, 0.25) is 0 Å². The van der Waals surface area contributed by atoms with Crippen molar-refractivity contribution in [2.24, 2.45) is 0 Å². The van der Waals surface area contributed by atoms with Gasteiger partial charge in [0, 0.05) is 57.6 Å². The molecule has 0 aliphatic rings. The van der Waals surface area contributed by atoms with Crippen molar-refractivity contribution < 1.29 is 57.6 Å². The molecule has 0 fully saturated rings. The molecule has 0 spiro atoms.